The van der Waals surface area contributed by atoms with Gasteiger partial charge in [-0.25, -0.2) is 0 Å². The molecular weight excluding hydrogens is 350 g/mol. The normalized spacial score (nSPS) is 25.1. The molecule has 3 atom stereocenters. The largest absolute Gasteiger partial charge is 0.481 e. The van der Waals surface area contributed by atoms with Crippen molar-refractivity contribution in [2.24, 2.45) is 0 Å². The molecule has 2 rings (SSSR count). The highest BCUT2D eigenvalue weighted by Crippen LogP contribution is 2.37. The maximum Gasteiger partial charge on any atom is 0.312 e. The van der Waals surface area contributed by atoms with Crippen LogP contribution in [0.4, 0.5) is 5.69 Å². The van der Waals surface area contributed by atoms with Crippen LogP contribution in [0.5, 0.6) is 5.75 Å². The number of rotatable bonds is 6. The lowest BCUT2D eigenvalue weighted by Gasteiger charge is -2.40. The van der Waals surface area contributed by atoms with Crippen LogP contribution in [0.15, 0.2) is 18.2 Å². The molecule has 0 bridgehead atoms. The van der Waals surface area contributed by atoms with Crippen molar-refractivity contribution in [2.45, 2.75) is 36.8 Å². The van der Waals surface area contributed by atoms with Crippen LogP contribution < -0.4 is 4.74 Å². The summed E-state index contributed by atoms with van der Waals surface area (Å²) in [7, 11) is 0. The fraction of sp³-hybridized carbons (Fsp3) is 0.538. The predicted octanol–water partition coefficient (Wildman–Crippen LogP) is 3.96. The summed E-state index contributed by atoms with van der Waals surface area (Å²) in [5.74, 6) is 0.230. The number of alkyl halides is 1. The summed E-state index contributed by atoms with van der Waals surface area (Å²) in [5, 5.41) is 11.3. The Balaban J connectivity index is 2.08. The highest BCUT2D eigenvalue weighted by atomic mass is 79.9. The minimum atomic E-state index is -0.493. The van der Waals surface area contributed by atoms with Gasteiger partial charge in [-0.2, -0.15) is 0 Å². The zero-order chi connectivity index (χ0) is 14.7. The van der Waals surface area contributed by atoms with E-state index in [1.165, 1.54) is 12.1 Å². The van der Waals surface area contributed by atoms with Gasteiger partial charge in [0.15, 0.2) is 5.75 Å². The van der Waals surface area contributed by atoms with Gasteiger partial charge in [-0.15, -0.1) is 0 Å². The molecule has 1 saturated carbocycles. The molecule has 110 valence electrons. The van der Waals surface area contributed by atoms with Gasteiger partial charge >= 0.3 is 5.69 Å². The van der Waals surface area contributed by atoms with E-state index >= 15 is 0 Å². The molecule has 0 radical (unpaired) electrons. The number of benzene rings is 1. The first kappa shape index (κ1) is 15.5. The second-order valence-electron chi connectivity index (χ2n) is 4.61. The lowest BCUT2D eigenvalue weighted by atomic mass is 9.91. The van der Waals surface area contributed by atoms with Crippen molar-refractivity contribution in [3.63, 3.8) is 0 Å². The number of nitro benzene ring substituents is 1. The Hall–Kier alpha value is -0.850. The summed E-state index contributed by atoms with van der Waals surface area (Å²) in [6.07, 6.45) is 1.43. The molecule has 20 heavy (non-hydrogen) atoms. The summed E-state index contributed by atoms with van der Waals surface area (Å²) in [6, 6.07) is 4.40. The van der Waals surface area contributed by atoms with Crippen LogP contribution in [-0.4, -0.2) is 28.6 Å². The van der Waals surface area contributed by atoms with Crippen LogP contribution in [0, 0.1) is 10.1 Å². The molecule has 0 saturated heterocycles. The van der Waals surface area contributed by atoms with Crippen LogP contribution in [0.25, 0.3) is 0 Å². The van der Waals surface area contributed by atoms with E-state index in [-0.39, 0.29) is 28.5 Å². The van der Waals surface area contributed by atoms with E-state index in [2.05, 4.69) is 15.9 Å². The first-order valence-electron chi connectivity index (χ1n) is 6.39. The summed E-state index contributed by atoms with van der Waals surface area (Å²) in [6.45, 7) is 2.68. The molecule has 0 spiro atoms. The van der Waals surface area contributed by atoms with Gasteiger partial charge in [0.05, 0.1) is 4.92 Å². The number of hydrogen-bond donors (Lipinski definition) is 0. The molecule has 1 aliphatic carbocycles. The molecule has 5 nitrogen and oxygen atoms in total. The standard InChI is InChI=1S/C13H15BrClNO4/c1-2-5-19-13-9(14)7-12(13)20-11-4-3-8(15)6-10(11)16(17)18/h3-4,6,9,12-13H,2,5,7H2,1H3. The number of nitro groups is 1. The minimum absolute atomic E-state index is 0.0785. The van der Waals surface area contributed by atoms with Gasteiger partial charge in [-0.05, 0) is 18.6 Å². The quantitative estimate of drug-likeness (QED) is 0.435. The minimum Gasteiger partial charge on any atom is -0.481 e. The van der Waals surface area contributed by atoms with Crippen molar-refractivity contribution < 1.29 is 14.4 Å². The average molecular weight is 365 g/mol. The van der Waals surface area contributed by atoms with Gasteiger partial charge in [0.2, 0.25) is 0 Å². The zero-order valence-electron chi connectivity index (χ0n) is 10.9. The van der Waals surface area contributed by atoms with Gasteiger partial charge in [0.25, 0.3) is 0 Å². The van der Waals surface area contributed by atoms with Crippen LogP contribution in [0.2, 0.25) is 5.02 Å². The smallest absolute Gasteiger partial charge is 0.312 e. The molecule has 0 N–H and O–H groups in total. The summed E-state index contributed by atoms with van der Waals surface area (Å²) >= 11 is 9.28. The SMILES string of the molecule is CCCOC1C(Br)CC1Oc1ccc(Cl)cc1[N+](=O)[O-]. The molecule has 0 heterocycles. The van der Waals surface area contributed by atoms with Crippen molar-refractivity contribution in [2.75, 3.05) is 6.61 Å². The highest BCUT2D eigenvalue weighted by molar-refractivity contribution is 9.09. The third kappa shape index (κ3) is 3.42. The average Bonchev–Trinajstić information content (AvgIpc) is 2.40. The number of halogens is 2. The van der Waals surface area contributed by atoms with Gasteiger partial charge in [0.1, 0.15) is 12.2 Å². The van der Waals surface area contributed by atoms with Crippen LogP contribution >= 0.6 is 27.5 Å². The van der Waals surface area contributed by atoms with Crippen molar-refractivity contribution >= 4 is 33.2 Å². The Morgan fingerprint density at radius 2 is 2.30 bits per heavy atom. The molecule has 1 fully saturated rings. The van der Waals surface area contributed by atoms with Crippen molar-refractivity contribution in [1.82, 2.24) is 0 Å². The van der Waals surface area contributed by atoms with E-state index in [0.29, 0.717) is 11.6 Å². The summed E-state index contributed by atoms with van der Waals surface area (Å²) in [4.78, 5) is 10.7. The molecule has 0 amide bonds. The molecule has 0 aliphatic heterocycles. The van der Waals surface area contributed by atoms with Gasteiger partial charge in [-0.3, -0.25) is 10.1 Å². The summed E-state index contributed by atoms with van der Waals surface area (Å²) < 4.78 is 11.4. The third-order valence-electron chi connectivity index (χ3n) is 3.09. The van der Waals surface area contributed by atoms with Crippen LogP contribution in [0.1, 0.15) is 19.8 Å². The fourth-order valence-corrected chi connectivity index (χ4v) is 3.03. The predicted molar refractivity (Wildman–Crippen MR) is 79.9 cm³/mol. The fourth-order valence-electron chi connectivity index (χ4n) is 2.00. The van der Waals surface area contributed by atoms with Gasteiger partial charge < -0.3 is 9.47 Å². The molecule has 1 aromatic carbocycles. The lowest BCUT2D eigenvalue weighted by molar-refractivity contribution is -0.386. The van der Waals surface area contributed by atoms with E-state index in [4.69, 9.17) is 21.1 Å². The maximum absolute atomic E-state index is 11.0. The first-order valence-corrected chi connectivity index (χ1v) is 7.68. The highest BCUT2D eigenvalue weighted by Gasteiger charge is 2.43. The van der Waals surface area contributed by atoms with E-state index in [1.807, 2.05) is 6.92 Å². The van der Waals surface area contributed by atoms with Crippen molar-refractivity contribution in [3.05, 3.63) is 33.3 Å². The van der Waals surface area contributed by atoms with Gasteiger partial charge in [0, 0.05) is 28.9 Å². The van der Waals surface area contributed by atoms with Crippen LogP contribution in [-0.2, 0) is 4.74 Å². The second kappa shape index (κ2) is 6.74. The zero-order valence-corrected chi connectivity index (χ0v) is 13.3. The molecule has 1 aliphatic rings. The maximum atomic E-state index is 11.0. The number of ether oxygens (including phenoxy) is 2. The Bertz CT molecular complexity index is 499. The Kier molecular flexibility index (Phi) is 5.23. The Morgan fingerprint density at radius 1 is 1.55 bits per heavy atom. The molecule has 7 heteroatoms. The second-order valence-corrected chi connectivity index (χ2v) is 6.23. The van der Waals surface area contributed by atoms with Crippen molar-refractivity contribution in [1.29, 1.82) is 0 Å². The van der Waals surface area contributed by atoms with Crippen molar-refractivity contribution in [3.8, 4) is 5.75 Å². The monoisotopic (exact) mass is 363 g/mol. The lowest BCUT2D eigenvalue weighted by Crippen LogP contribution is -2.52. The van der Waals surface area contributed by atoms with E-state index in [1.54, 1.807) is 6.07 Å². The van der Waals surface area contributed by atoms with E-state index < -0.39 is 4.92 Å². The molecule has 1 aromatic rings. The summed E-state index contributed by atoms with van der Waals surface area (Å²) in [5.41, 5.74) is -0.121. The third-order valence-corrected chi connectivity index (χ3v) is 4.22. The topological polar surface area (TPSA) is 61.6 Å². The van der Waals surface area contributed by atoms with E-state index in [9.17, 15) is 10.1 Å². The molecule has 3 unspecified atom stereocenters. The first-order chi connectivity index (χ1) is 9.52. The number of hydrogen-bond acceptors (Lipinski definition) is 4. The molecular formula is C13H15BrClNO4. The number of nitrogens with zero attached hydrogens (tertiary/aromatic N) is 1. The molecule has 0 aromatic heterocycles. The van der Waals surface area contributed by atoms with E-state index in [0.717, 1.165) is 12.8 Å². The van der Waals surface area contributed by atoms with Gasteiger partial charge in [-0.1, -0.05) is 34.5 Å². The van der Waals surface area contributed by atoms with Crippen LogP contribution in [0.3, 0.4) is 0 Å². The Labute approximate surface area is 130 Å². The Morgan fingerprint density at radius 3 is 2.90 bits per heavy atom.